The summed E-state index contributed by atoms with van der Waals surface area (Å²) < 4.78 is 10.7. The van der Waals surface area contributed by atoms with Crippen LogP contribution < -0.4 is 4.74 Å². The average Bonchev–Trinajstić information content (AvgIpc) is 2.36. The Kier molecular flexibility index (Phi) is 5.54. The van der Waals surface area contributed by atoms with Crippen molar-refractivity contribution in [2.45, 2.75) is 26.7 Å². The van der Waals surface area contributed by atoms with E-state index in [-0.39, 0.29) is 12.5 Å². The topological polar surface area (TPSA) is 52.6 Å². The van der Waals surface area contributed by atoms with Gasteiger partial charge in [0.1, 0.15) is 5.75 Å². The predicted molar refractivity (Wildman–Crippen MR) is 75.7 cm³/mol. The predicted octanol–water partition coefficient (Wildman–Crippen LogP) is 3.33. The highest BCUT2D eigenvalue weighted by molar-refractivity contribution is 9.10. The zero-order valence-corrected chi connectivity index (χ0v) is 13.0. The van der Waals surface area contributed by atoms with Gasteiger partial charge >= 0.3 is 5.97 Å². The second-order valence-electron chi connectivity index (χ2n) is 4.27. The van der Waals surface area contributed by atoms with E-state index >= 15 is 0 Å². The lowest BCUT2D eigenvalue weighted by molar-refractivity contribution is -0.137. The van der Waals surface area contributed by atoms with Crippen molar-refractivity contribution >= 4 is 27.7 Å². The Morgan fingerprint density at radius 2 is 1.95 bits per heavy atom. The lowest BCUT2D eigenvalue weighted by Gasteiger charge is -2.16. The molecule has 0 radical (unpaired) electrons. The Morgan fingerprint density at radius 1 is 1.32 bits per heavy atom. The van der Waals surface area contributed by atoms with Crippen molar-refractivity contribution in [1.82, 2.24) is 0 Å². The minimum Gasteiger partial charge on any atom is -0.496 e. The largest absolute Gasteiger partial charge is 0.496 e. The highest BCUT2D eigenvalue weighted by atomic mass is 79.9. The van der Waals surface area contributed by atoms with E-state index in [0.29, 0.717) is 21.3 Å². The lowest BCUT2D eigenvalue weighted by Crippen LogP contribution is -2.20. The van der Waals surface area contributed by atoms with Crippen LogP contribution in [0.4, 0.5) is 0 Å². The van der Waals surface area contributed by atoms with E-state index in [2.05, 4.69) is 15.9 Å². The second kappa shape index (κ2) is 6.70. The van der Waals surface area contributed by atoms with Gasteiger partial charge in [-0.25, -0.2) is 4.79 Å². The molecule has 0 amide bonds. The Bertz CT molecular complexity index is 494. The summed E-state index contributed by atoms with van der Waals surface area (Å²) in [4.78, 5) is 23.7. The molecule has 0 spiro atoms. The maximum atomic E-state index is 12.1. The van der Waals surface area contributed by atoms with Crippen LogP contribution in [0.1, 0.15) is 42.6 Å². The van der Waals surface area contributed by atoms with Crippen molar-refractivity contribution in [3.05, 3.63) is 27.7 Å². The van der Waals surface area contributed by atoms with Crippen LogP contribution in [0.15, 0.2) is 16.6 Å². The first-order chi connectivity index (χ1) is 8.92. The average molecular weight is 329 g/mol. The standard InChI is InChI=1S/C14H17BrO4/c1-5-19-14(17)13(16)10-6-9(15)7-11(18-4)12(10)8(2)3/h6-8H,5H2,1-4H3. The maximum Gasteiger partial charge on any atom is 0.379 e. The highest BCUT2D eigenvalue weighted by Crippen LogP contribution is 2.33. The third-order valence-corrected chi connectivity index (χ3v) is 3.07. The van der Waals surface area contributed by atoms with Crippen LogP contribution in [-0.4, -0.2) is 25.5 Å². The number of rotatable bonds is 5. The molecule has 0 heterocycles. The molecule has 19 heavy (non-hydrogen) atoms. The van der Waals surface area contributed by atoms with Crippen molar-refractivity contribution in [3.8, 4) is 5.75 Å². The molecule has 104 valence electrons. The first-order valence-electron chi connectivity index (χ1n) is 6.01. The Labute approximate surface area is 121 Å². The Balaban J connectivity index is 3.36. The molecule has 0 aromatic heterocycles. The van der Waals surface area contributed by atoms with Gasteiger partial charge in [0.25, 0.3) is 5.78 Å². The van der Waals surface area contributed by atoms with E-state index in [4.69, 9.17) is 9.47 Å². The molecule has 1 aromatic rings. The van der Waals surface area contributed by atoms with E-state index < -0.39 is 11.8 Å². The van der Waals surface area contributed by atoms with Gasteiger partial charge in [-0.3, -0.25) is 4.79 Å². The number of carbonyl (C=O) groups is 2. The maximum absolute atomic E-state index is 12.1. The van der Waals surface area contributed by atoms with Gasteiger partial charge in [0.05, 0.1) is 13.7 Å². The molecule has 0 saturated heterocycles. The monoisotopic (exact) mass is 328 g/mol. The molecule has 0 aliphatic rings. The molecular weight excluding hydrogens is 312 g/mol. The first kappa shape index (κ1) is 15.7. The number of hydrogen-bond donors (Lipinski definition) is 0. The summed E-state index contributed by atoms with van der Waals surface area (Å²) in [5.41, 5.74) is 1.03. The van der Waals surface area contributed by atoms with Gasteiger partial charge in [0.2, 0.25) is 0 Å². The van der Waals surface area contributed by atoms with Crippen molar-refractivity contribution in [3.63, 3.8) is 0 Å². The van der Waals surface area contributed by atoms with E-state index in [1.807, 2.05) is 13.8 Å². The summed E-state index contributed by atoms with van der Waals surface area (Å²) in [6.07, 6.45) is 0. The summed E-state index contributed by atoms with van der Waals surface area (Å²) >= 11 is 3.31. The van der Waals surface area contributed by atoms with E-state index in [9.17, 15) is 9.59 Å². The minimum absolute atomic E-state index is 0.0522. The molecule has 1 rings (SSSR count). The van der Waals surface area contributed by atoms with Crippen molar-refractivity contribution in [2.24, 2.45) is 0 Å². The number of hydrogen-bond acceptors (Lipinski definition) is 4. The van der Waals surface area contributed by atoms with Crippen LogP contribution >= 0.6 is 15.9 Å². The number of Topliss-reactive ketones (excluding diaryl/α,β-unsaturated/α-hetero) is 1. The molecule has 0 aliphatic heterocycles. The molecule has 0 bridgehead atoms. The second-order valence-corrected chi connectivity index (χ2v) is 5.19. The Morgan fingerprint density at radius 3 is 2.42 bits per heavy atom. The molecular formula is C14H17BrO4. The lowest BCUT2D eigenvalue weighted by atomic mass is 9.93. The number of methoxy groups -OCH3 is 1. The van der Waals surface area contributed by atoms with Crippen LogP contribution in [0.25, 0.3) is 0 Å². The number of ketones is 1. The number of carbonyl (C=O) groups excluding carboxylic acids is 2. The van der Waals surface area contributed by atoms with Gasteiger partial charge in [0, 0.05) is 15.6 Å². The van der Waals surface area contributed by atoms with Crippen LogP contribution in [0.3, 0.4) is 0 Å². The number of esters is 1. The highest BCUT2D eigenvalue weighted by Gasteiger charge is 2.25. The van der Waals surface area contributed by atoms with Crippen molar-refractivity contribution < 1.29 is 19.1 Å². The number of halogens is 1. The number of benzene rings is 1. The van der Waals surface area contributed by atoms with Gasteiger partial charge < -0.3 is 9.47 Å². The number of ether oxygens (including phenoxy) is 2. The zero-order chi connectivity index (χ0) is 14.6. The van der Waals surface area contributed by atoms with Crippen LogP contribution in [0.2, 0.25) is 0 Å². The summed E-state index contributed by atoms with van der Waals surface area (Å²) in [6.45, 7) is 5.71. The van der Waals surface area contributed by atoms with E-state index in [0.717, 1.165) is 0 Å². The summed E-state index contributed by atoms with van der Waals surface area (Å²) in [6, 6.07) is 3.40. The molecule has 0 saturated carbocycles. The summed E-state index contributed by atoms with van der Waals surface area (Å²) in [5, 5.41) is 0. The molecule has 5 heteroatoms. The van der Waals surface area contributed by atoms with Crippen molar-refractivity contribution in [1.29, 1.82) is 0 Å². The zero-order valence-electron chi connectivity index (χ0n) is 11.5. The first-order valence-corrected chi connectivity index (χ1v) is 6.80. The third kappa shape index (κ3) is 3.56. The minimum atomic E-state index is -0.843. The SMILES string of the molecule is CCOC(=O)C(=O)c1cc(Br)cc(OC)c1C(C)C. The molecule has 0 atom stereocenters. The van der Waals surface area contributed by atoms with E-state index in [1.165, 1.54) is 7.11 Å². The molecule has 0 aliphatic carbocycles. The van der Waals surface area contributed by atoms with Gasteiger partial charge in [-0.1, -0.05) is 29.8 Å². The smallest absolute Gasteiger partial charge is 0.379 e. The normalized spacial score (nSPS) is 10.4. The molecule has 0 fully saturated rings. The fraction of sp³-hybridized carbons (Fsp3) is 0.429. The van der Waals surface area contributed by atoms with Crippen LogP contribution in [-0.2, 0) is 9.53 Å². The molecule has 0 N–H and O–H groups in total. The molecule has 1 aromatic carbocycles. The van der Waals surface area contributed by atoms with Gasteiger partial charge in [-0.2, -0.15) is 0 Å². The van der Waals surface area contributed by atoms with Crippen molar-refractivity contribution in [2.75, 3.05) is 13.7 Å². The summed E-state index contributed by atoms with van der Waals surface area (Å²) in [5.74, 6) is -0.858. The third-order valence-electron chi connectivity index (χ3n) is 2.61. The quantitative estimate of drug-likeness (QED) is 0.472. The van der Waals surface area contributed by atoms with Gasteiger partial charge in [-0.05, 0) is 25.0 Å². The van der Waals surface area contributed by atoms with Gasteiger partial charge in [-0.15, -0.1) is 0 Å². The van der Waals surface area contributed by atoms with Crippen LogP contribution in [0, 0.1) is 0 Å². The fourth-order valence-electron chi connectivity index (χ4n) is 1.85. The molecule has 4 nitrogen and oxygen atoms in total. The van der Waals surface area contributed by atoms with E-state index in [1.54, 1.807) is 19.1 Å². The van der Waals surface area contributed by atoms with Crippen LogP contribution in [0.5, 0.6) is 5.75 Å². The Hall–Kier alpha value is -1.36. The molecule has 0 unspecified atom stereocenters. The summed E-state index contributed by atoms with van der Waals surface area (Å²) in [7, 11) is 1.53. The fourth-order valence-corrected chi connectivity index (χ4v) is 2.29. The van der Waals surface area contributed by atoms with Gasteiger partial charge in [0.15, 0.2) is 0 Å².